The fourth-order valence-electron chi connectivity index (χ4n) is 3.26. The third-order valence-electron chi connectivity index (χ3n) is 4.64. The fraction of sp³-hybridized carbons (Fsp3) is 0.182. The van der Waals surface area contributed by atoms with Crippen LogP contribution < -0.4 is 9.64 Å². The molecular weight excluding hydrogens is 322 g/mol. The Morgan fingerprint density at radius 3 is 2.42 bits per heavy atom. The van der Waals surface area contributed by atoms with Crippen molar-refractivity contribution in [1.29, 1.82) is 0 Å². The van der Waals surface area contributed by atoms with Crippen LogP contribution in [0.25, 0.3) is 6.08 Å². The van der Waals surface area contributed by atoms with Crippen LogP contribution in [0, 0.1) is 0 Å². The predicted molar refractivity (Wildman–Crippen MR) is 105 cm³/mol. The smallest absolute Gasteiger partial charge is 0.153 e. The Balaban J connectivity index is 1.63. The molecular formula is C22H21N3O. The van der Waals surface area contributed by atoms with E-state index in [4.69, 9.17) is 4.74 Å². The van der Waals surface area contributed by atoms with Crippen molar-refractivity contribution in [2.24, 2.45) is 0 Å². The number of ether oxygens (including phenoxy) is 1. The average molecular weight is 343 g/mol. The molecule has 0 amide bonds. The molecule has 0 N–H and O–H groups in total. The van der Waals surface area contributed by atoms with Crippen molar-refractivity contribution in [3.05, 3.63) is 78.8 Å². The highest BCUT2D eigenvalue weighted by molar-refractivity contribution is 5.69. The first-order chi connectivity index (χ1) is 12.6. The minimum Gasteiger partial charge on any atom is -0.457 e. The van der Waals surface area contributed by atoms with Crippen molar-refractivity contribution in [1.82, 2.24) is 9.97 Å². The summed E-state index contributed by atoms with van der Waals surface area (Å²) in [5.74, 6) is 3.25. The van der Waals surface area contributed by atoms with Crippen molar-refractivity contribution in [3.63, 3.8) is 0 Å². The number of fused-ring (bicyclic) bond motifs is 1. The number of nitrogens with zero attached hydrogens (tertiary/aromatic N) is 3. The Morgan fingerprint density at radius 1 is 1.04 bits per heavy atom. The molecule has 4 heteroatoms. The Morgan fingerprint density at radius 2 is 1.73 bits per heavy atom. The van der Waals surface area contributed by atoms with Crippen molar-refractivity contribution in [3.8, 4) is 11.5 Å². The first kappa shape index (κ1) is 16.3. The third kappa shape index (κ3) is 2.94. The molecule has 0 aliphatic carbocycles. The van der Waals surface area contributed by atoms with Gasteiger partial charge in [0.1, 0.15) is 17.3 Å². The zero-order valence-electron chi connectivity index (χ0n) is 15.0. The van der Waals surface area contributed by atoms with E-state index in [1.807, 2.05) is 48.7 Å². The van der Waals surface area contributed by atoms with E-state index < -0.39 is 0 Å². The standard InChI is InChI=1S/C22H21N3O/c1-4-20-23-14-19-21(24-20)25(15-22(19,2)3)16-10-12-18(13-11-16)26-17-8-6-5-7-9-17/h4-14H,1,15H2,2-3H3. The van der Waals surface area contributed by atoms with Crippen molar-refractivity contribution >= 4 is 17.6 Å². The third-order valence-corrected chi connectivity index (χ3v) is 4.64. The molecule has 1 aromatic heterocycles. The molecule has 4 nitrogen and oxygen atoms in total. The second-order valence-electron chi connectivity index (χ2n) is 7.05. The maximum Gasteiger partial charge on any atom is 0.153 e. The maximum absolute atomic E-state index is 5.89. The minimum absolute atomic E-state index is 0.00571. The Hall–Kier alpha value is -3.14. The molecule has 0 saturated carbocycles. The first-order valence-electron chi connectivity index (χ1n) is 8.67. The molecule has 4 rings (SSSR count). The quantitative estimate of drug-likeness (QED) is 0.641. The zero-order valence-corrected chi connectivity index (χ0v) is 15.0. The van der Waals surface area contributed by atoms with Gasteiger partial charge in [-0.05, 0) is 42.5 Å². The molecule has 0 radical (unpaired) electrons. The van der Waals surface area contributed by atoms with Gasteiger partial charge in [0.25, 0.3) is 0 Å². The van der Waals surface area contributed by atoms with E-state index in [9.17, 15) is 0 Å². The SMILES string of the molecule is C=Cc1ncc2c(n1)N(c1ccc(Oc3ccccc3)cc1)CC2(C)C. The number of anilines is 2. The van der Waals surface area contributed by atoms with Gasteiger partial charge < -0.3 is 9.64 Å². The number of hydrogen-bond acceptors (Lipinski definition) is 4. The Labute approximate surface area is 153 Å². The van der Waals surface area contributed by atoms with Gasteiger partial charge in [-0.25, -0.2) is 9.97 Å². The van der Waals surface area contributed by atoms with Crippen LogP contribution in [-0.2, 0) is 5.41 Å². The summed E-state index contributed by atoms with van der Waals surface area (Å²) < 4.78 is 5.89. The summed E-state index contributed by atoms with van der Waals surface area (Å²) in [7, 11) is 0. The van der Waals surface area contributed by atoms with E-state index >= 15 is 0 Å². The molecule has 26 heavy (non-hydrogen) atoms. The van der Waals surface area contributed by atoms with Crippen molar-refractivity contribution < 1.29 is 4.74 Å². The summed E-state index contributed by atoms with van der Waals surface area (Å²) in [6, 6.07) is 17.9. The summed E-state index contributed by atoms with van der Waals surface area (Å²) >= 11 is 0. The highest BCUT2D eigenvalue weighted by Gasteiger charge is 2.37. The summed E-state index contributed by atoms with van der Waals surface area (Å²) in [5, 5.41) is 0. The second kappa shape index (κ2) is 6.30. The molecule has 1 aliphatic heterocycles. The average Bonchev–Trinajstić information content (AvgIpc) is 2.94. The number of hydrogen-bond donors (Lipinski definition) is 0. The van der Waals surface area contributed by atoms with E-state index in [-0.39, 0.29) is 5.41 Å². The van der Waals surface area contributed by atoms with Crippen LogP contribution in [-0.4, -0.2) is 16.5 Å². The molecule has 0 bridgehead atoms. The van der Waals surface area contributed by atoms with Crippen LogP contribution in [0.5, 0.6) is 11.5 Å². The van der Waals surface area contributed by atoms with E-state index in [0.29, 0.717) is 5.82 Å². The van der Waals surface area contributed by atoms with Gasteiger partial charge in [-0.15, -0.1) is 0 Å². The van der Waals surface area contributed by atoms with Crippen LogP contribution in [0.4, 0.5) is 11.5 Å². The lowest BCUT2D eigenvalue weighted by Crippen LogP contribution is -2.25. The van der Waals surface area contributed by atoms with Gasteiger partial charge in [0, 0.05) is 29.4 Å². The largest absolute Gasteiger partial charge is 0.457 e. The number of aromatic nitrogens is 2. The molecule has 0 unspecified atom stereocenters. The molecule has 0 atom stereocenters. The van der Waals surface area contributed by atoms with E-state index in [2.05, 4.69) is 47.4 Å². The lowest BCUT2D eigenvalue weighted by molar-refractivity contribution is 0.482. The van der Waals surface area contributed by atoms with Gasteiger partial charge in [0.05, 0.1) is 0 Å². The van der Waals surface area contributed by atoms with Crippen molar-refractivity contribution in [2.75, 3.05) is 11.4 Å². The van der Waals surface area contributed by atoms with Gasteiger partial charge >= 0.3 is 0 Å². The Bertz CT molecular complexity index is 933. The van der Waals surface area contributed by atoms with Gasteiger partial charge in [0.15, 0.2) is 5.82 Å². The van der Waals surface area contributed by atoms with E-state index in [0.717, 1.165) is 35.1 Å². The number of para-hydroxylation sites is 1. The van der Waals surface area contributed by atoms with Gasteiger partial charge in [0.2, 0.25) is 0 Å². The van der Waals surface area contributed by atoms with Crippen LogP contribution in [0.1, 0.15) is 25.2 Å². The molecule has 0 saturated heterocycles. The van der Waals surface area contributed by atoms with E-state index in [1.54, 1.807) is 6.08 Å². The Kier molecular flexibility index (Phi) is 3.96. The fourth-order valence-corrected chi connectivity index (χ4v) is 3.26. The summed E-state index contributed by atoms with van der Waals surface area (Å²) in [5.41, 5.74) is 2.24. The topological polar surface area (TPSA) is 38.2 Å². The predicted octanol–water partition coefficient (Wildman–Crippen LogP) is 5.34. The molecule has 3 aromatic rings. The molecule has 2 heterocycles. The van der Waals surface area contributed by atoms with Crippen molar-refractivity contribution in [2.45, 2.75) is 19.3 Å². The summed E-state index contributed by atoms with van der Waals surface area (Å²) in [6.07, 6.45) is 3.60. The monoisotopic (exact) mass is 343 g/mol. The van der Waals surface area contributed by atoms with Gasteiger partial charge in [-0.3, -0.25) is 0 Å². The number of benzene rings is 2. The first-order valence-corrected chi connectivity index (χ1v) is 8.67. The maximum atomic E-state index is 5.89. The van der Waals surface area contributed by atoms with Gasteiger partial charge in [-0.1, -0.05) is 38.6 Å². The molecule has 2 aromatic carbocycles. The molecule has 1 aliphatic rings. The summed E-state index contributed by atoms with van der Waals surface area (Å²) in [4.78, 5) is 11.3. The minimum atomic E-state index is -0.00571. The normalized spacial score (nSPS) is 14.8. The zero-order chi connectivity index (χ0) is 18.1. The van der Waals surface area contributed by atoms with Crippen LogP contribution >= 0.6 is 0 Å². The second-order valence-corrected chi connectivity index (χ2v) is 7.05. The molecule has 0 spiro atoms. The lowest BCUT2D eigenvalue weighted by Gasteiger charge is -2.22. The molecule has 130 valence electrons. The highest BCUT2D eigenvalue weighted by atomic mass is 16.5. The number of rotatable bonds is 4. The van der Waals surface area contributed by atoms with Gasteiger partial charge in [-0.2, -0.15) is 0 Å². The van der Waals surface area contributed by atoms with Crippen LogP contribution in [0.3, 0.4) is 0 Å². The highest BCUT2D eigenvalue weighted by Crippen LogP contribution is 2.43. The lowest BCUT2D eigenvalue weighted by atomic mass is 9.89. The molecule has 0 fully saturated rings. The van der Waals surface area contributed by atoms with Crippen LogP contribution in [0.2, 0.25) is 0 Å². The summed E-state index contributed by atoms with van der Waals surface area (Å²) in [6.45, 7) is 9.08. The van der Waals surface area contributed by atoms with E-state index in [1.165, 1.54) is 0 Å². The van der Waals surface area contributed by atoms with Crippen LogP contribution in [0.15, 0.2) is 67.4 Å².